The summed E-state index contributed by atoms with van der Waals surface area (Å²) in [5.41, 5.74) is 4.97. The lowest BCUT2D eigenvalue weighted by atomic mass is 9.89. The largest absolute Gasteiger partial charge is 0.466 e. The van der Waals surface area contributed by atoms with Crippen molar-refractivity contribution in [2.24, 2.45) is 0 Å². The molecule has 2 aromatic heterocycles. The third kappa shape index (κ3) is 7.16. The number of rotatable bonds is 15. The Balaban J connectivity index is 2.02. The Morgan fingerprint density at radius 2 is 2.11 bits per heavy atom. The van der Waals surface area contributed by atoms with Crippen molar-refractivity contribution in [3.63, 3.8) is 0 Å². The summed E-state index contributed by atoms with van der Waals surface area (Å²) >= 11 is 0. The van der Waals surface area contributed by atoms with E-state index in [-0.39, 0.29) is 12.4 Å². The molecule has 0 saturated carbocycles. The number of benzene rings is 1. The zero-order valence-electron chi connectivity index (χ0n) is 22.9. The molecular weight excluding hydrogens is 461 g/mol. The van der Waals surface area contributed by atoms with E-state index in [0.29, 0.717) is 68.6 Å². The first kappa shape index (κ1) is 26.3. The smallest absolute Gasteiger partial charge is 0.373 e. The highest BCUT2D eigenvalue weighted by Gasteiger charge is 2.25. The lowest BCUT2D eigenvalue weighted by Crippen LogP contribution is -2.37. The average molecular weight is 501 g/mol. The molecule has 11 heteroatoms. The van der Waals surface area contributed by atoms with Crippen LogP contribution >= 0.6 is 0 Å². The van der Waals surface area contributed by atoms with Gasteiger partial charge in [0.2, 0.25) is 0 Å². The van der Waals surface area contributed by atoms with Crippen LogP contribution in [0, 0.1) is 0 Å². The fourth-order valence-corrected chi connectivity index (χ4v) is 4.11. The number of anilines is 1. The summed E-state index contributed by atoms with van der Waals surface area (Å²) in [6.07, 6.45) is 0.825. The summed E-state index contributed by atoms with van der Waals surface area (Å²) in [5.74, 6) is 0.832. The van der Waals surface area contributed by atoms with Gasteiger partial charge in [0.05, 0.1) is 36.4 Å². The van der Waals surface area contributed by atoms with E-state index in [0.717, 1.165) is 16.5 Å². The Hall–Kier alpha value is -2.73. The van der Waals surface area contributed by atoms with E-state index in [1.807, 2.05) is 39.0 Å². The summed E-state index contributed by atoms with van der Waals surface area (Å²) in [5, 5.41) is 13.3. The number of hydrogen-bond acceptors (Lipinski definition) is 9. The van der Waals surface area contributed by atoms with Crippen LogP contribution in [0.3, 0.4) is 0 Å². The number of imidazole rings is 1. The number of nitrogens with zero attached hydrogens (tertiary/aromatic N) is 3. The van der Waals surface area contributed by atoms with Crippen LogP contribution in [0.4, 0.5) is 5.82 Å². The van der Waals surface area contributed by atoms with E-state index >= 15 is 0 Å². The van der Waals surface area contributed by atoms with Gasteiger partial charge in [-0.05, 0) is 52.6 Å². The predicted octanol–water partition coefficient (Wildman–Crippen LogP) is 2.69. The predicted molar refractivity (Wildman–Crippen MR) is 142 cm³/mol. The molecule has 0 saturated heterocycles. The number of ether oxygens (including phenoxy) is 3. The fourth-order valence-electron chi connectivity index (χ4n) is 4.11. The highest BCUT2D eigenvalue weighted by atomic mass is 16.5. The van der Waals surface area contributed by atoms with Crippen LogP contribution in [0.15, 0.2) is 18.2 Å². The first-order chi connectivity index (χ1) is 17.7. The monoisotopic (exact) mass is 501 g/mol. The van der Waals surface area contributed by atoms with E-state index in [4.69, 9.17) is 20.6 Å². The minimum Gasteiger partial charge on any atom is -0.466 e. The van der Waals surface area contributed by atoms with Crippen LogP contribution < -0.4 is 11.0 Å². The molecule has 0 unspecified atom stereocenters. The van der Waals surface area contributed by atoms with Gasteiger partial charge in [0.1, 0.15) is 17.9 Å². The number of nitrogens with one attached hydrogen (secondary N) is 1. The van der Waals surface area contributed by atoms with Crippen molar-refractivity contribution >= 4 is 40.8 Å². The fraction of sp³-hybridized carbons (Fsp3) is 0.560. The zero-order chi connectivity index (χ0) is 27.0. The van der Waals surface area contributed by atoms with Crippen molar-refractivity contribution < 1.29 is 25.4 Å². The first-order valence-corrected chi connectivity index (χ1v) is 12.5. The molecule has 0 spiro atoms. The van der Waals surface area contributed by atoms with Crippen LogP contribution in [-0.4, -0.2) is 64.5 Å². The van der Waals surface area contributed by atoms with Gasteiger partial charge in [0.25, 0.3) is 0 Å². The van der Waals surface area contributed by atoms with E-state index in [9.17, 15) is 9.82 Å². The number of carbonyl (C=O) groups excluding carboxylic acids is 1. The summed E-state index contributed by atoms with van der Waals surface area (Å²) in [6, 6.07) is 5.92. The molecular formula is C25H38BN5O5. The van der Waals surface area contributed by atoms with Crippen molar-refractivity contribution in [3.8, 4) is 0 Å². The molecule has 2 heterocycles. The molecule has 36 heavy (non-hydrogen) atoms. The number of nitrogen functional groups attached to an aromatic ring is 1. The van der Waals surface area contributed by atoms with Gasteiger partial charge < -0.3 is 34.8 Å². The molecule has 3 aromatic rings. The lowest BCUT2D eigenvalue weighted by molar-refractivity contribution is -0.143. The van der Waals surface area contributed by atoms with Gasteiger partial charge in [-0.2, -0.15) is 0 Å². The Kier molecular flexibility index (Phi) is 9.14. The van der Waals surface area contributed by atoms with E-state index in [1.54, 1.807) is 13.7 Å². The van der Waals surface area contributed by atoms with Crippen molar-refractivity contribution in [2.45, 2.75) is 66.1 Å². The van der Waals surface area contributed by atoms with Crippen LogP contribution in [0.2, 0.25) is 8.23 Å². The van der Waals surface area contributed by atoms with Crippen molar-refractivity contribution in [3.05, 3.63) is 29.6 Å². The van der Waals surface area contributed by atoms with Gasteiger partial charge in [-0.1, -0.05) is 12.1 Å². The lowest BCUT2D eigenvalue weighted by Gasteiger charge is -2.27. The third-order valence-corrected chi connectivity index (χ3v) is 5.75. The first-order valence-electron chi connectivity index (χ1n) is 13.0. The third-order valence-electron chi connectivity index (χ3n) is 5.75. The number of nitrogens with two attached hydrogens (primary N) is 1. The average Bonchev–Trinajstić information content (AvgIpc) is 3.21. The summed E-state index contributed by atoms with van der Waals surface area (Å²) in [7, 11) is -0.598. The molecule has 0 atom stereocenters. The second-order valence-corrected chi connectivity index (χ2v) is 9.30. The minimum atomic E-state index is -0.598. The van der Waals surface area contributed by atoms with Crippen LogP contribution in [0.5, 0.6) is 0 Å². The Morgan fingerprint density at radius 1 is 1.31 bits per heavy atom. The maximum atomic E-state index is 11.8. The van der Waals surface area contributed by atoms with E-state index < -0.39 is 12.7 Å². The number of carbonyl (C=O) groups is 1. The number of pyridine rings is 1. The molecule has 3 rings (SSSR count). The molecule has 0 fully saturated rings. The number of aryl methyl sites for hydroxylation is 1. The SMILES string of the molecule is [3H]Nc1nc2cc(CCC(=O)OCC)ccc2c2c1nc(COCC)n2CC(C)(C)OCCNB(C)O. The van der Waals surface area contributed by atoms with Gasteiger partial charge in [0.15, 0.2) is 7.23 Å². The maximum Gasteiger partial charge on any atom is 0.373 e. The molecule has 0 aliphatic heterocycles. The van der Waals surface area contributed by atoms with Crippen LogP contribution in [0.1, 0.15) is 45.5 Å². The molecule has 0 aliphatic carbocycles. The van der Waals surface area contributed by atoms with E-state index in [2.05, 4.69) is 20.5 Å². The minimum absolute atomic E-state index is 0.232. The molecule has 10 nitrogen and oxygen atoms in total. The Labute approximate surface area is 214 Å². The normalized spacial score (nSPS) is 12.2. The van der Waals surface area contributed by atoms with Gasteiger partial charge in [-0.3, -0.25) is 4.79 Å². The highest BCUT2D eigenvalue weighted by Crippen LogP contribution is 2.31. The maximum absolute atomic E-state index is 11.8. The molecule has 0 aliphatic rings. The molecule has 0 radical (unpaired) electrons. The summed E-state index contributed by atoms with van der Waals surface area (Å²) < 4.78 is 26.9. The second-order valence-electron chi connectivity index (χ2n) is 9.30. The molecule has 0 bridgehead atoms. The second kappa shape index (κ2) is 12.5. The van der Waals surface area contributed by atoms with Crippen LogP contribution in [0.25, 0.3) is 21.9 Å². The van der Waals surface area contributed by atoms with Gasteiger partial charge in [0, 0.05) is 25.0 Å². The van der Waals surface area contributed by atoms with Crippen molar-refractivity contribution in [2.75, 3.05) is 32.1 Å². The Morgan fingerprint density at radius 3 is 2.81 bits per heavy atom. The molecule has 1 aromatic carbocycles. The number of hydrogen-bond donors (Lipinski definition) is 3. The molecule has 196 valence electrons. The topological polar surface area (TPSA) is 134 Å². The van der Waals surface area contributed by atoms with Crippen molar-refractivity contribution in [1.29, 1.82) is 0 Å². The van der Waals surface area contributed by atoms with Gasteiger partial charge >= 0.3 is 13.0 Å². The Bertz CT molecular complexity index is 1200. The number of aromatic nitrogens is 3. The summed E-state index contributed by atoms with van der Waals surface area (Å²) in [6.45, 7) is 12.0. The standard InChI is InChI=1S/C25H38BN5O5/c1-6-34-15-20-30-22-23(31(20)16-25(3,4)36-13-12-28-26(5)33)18-10-8-17(9-11-21(32)35-7-2)14-19(18)29-24(22)27/h8,10,14,28,33H,6-7,9,11-13,15-16H2,1-5H3,(H2,27,29)/i/hT. The van der Waals surface area contributed by atoms with E-state index in [1.165, 1.54) is 0 Å². The van der Waals surface area contributed by atoms with Crippen molar-refractivity contribution in [1.82, 2.24) is 19.8 Å². The molecule has 4 N–H and O–H groups in total. The van der Waals surface area contributed by atoms with Gasteiger partial charge in [-0.25, -0.2) is 9.97 Å². The highest BCUT2D eigenvalue weighted by molar-refractivity contribution is 6.45. The number of esters is 1. The van der Waals surface area contributed by atoms with Crippen LogP contribution in [-0.2, 0) is 38.6 Å². The zero-order valence-corrected chi connectivity index (χ0v) is 21.9. The number of fused-ring (bicyclic) bond motifs is 3. The van der Waals surface area contributed by atoms with Gasteiger partial charge in [-0.15, -0.1) is 0 Å². The quantitative estimate of drug-likeness (QED) is 0.163. The molecule has 0 amide bonds. The summed E-state index contributed by atoms with van der Waals surface area (Å²) in [4.78, 5) is 21.3.